The van der Waals surface area contributed by atoms with Crippen LogP contribution in [0, 0.1) is 5.92 Å². The summed E-state index contributed by atoms with van der Waals surface area (Å²) in [5.41, 5.74) is 1.24. The van der Waals surface area contributed by atoms with Crippen molar-refractivity contribution in [2.75, 3.05) is 19.7 Å². The van der Waals surface area contributed by atoms with E-state index in [1.165, 1.54) is 37.7 Å². The Morgan fingerprint density at radius 1 is 1.09 bits per heavy atom. The number of aliphatic hydroxyl groups is 1. The summed E-state index contributed by atoms with van der Waals surface area (Å²) in [5, 5.41) is 9.21. The van der Waals surface area contributed by atoms with Gasteiger partial charge in [-0.1, -0.05) is 62.4 Å². The first kappa shape index (κ1) is 17.0. The predicted molar refractivity (Wildman–Crippen MR) is 89.6 cm³/mol. The van der Waals surface area contributed by atoms with Crippen LogP contribution in [-0.4, -0.2) is 35.6 Å². The first-order valence-corrected chi connectivity index (χ1v) is 8.72. The topological polar surface area (TPSA) is 40.5 Å². The van der Waals surface area contributed by atoms with Crippen LogP contribution < -0.4 is 0 Å². The minimum absolute atomic E-state index is 0.0456. The Bertz CT molecular complexity index is 426. The Hall–Kier alpha value is -1.35. The molecule has 0 unspecified atom stereocenters. The summed E-state index contributed by atoms with van der Waals surface area (Å²) in [6.45, 7) is 1.20. The number of rotatable bonds is 8. The van der Waals surface area contributed by atoms with Crippen molar-refractivity contribution < 1.29 is 9.90 Å². The monoisotopic (exact) mass is 303 g/mol. The van der Waals surface area contributed by atoms with Crippen molar-refractivity contribution in [1.29, 1.82) is 0 Å². The van der Waals surface area contributed by atoms with Crippen LogP contribution in [0.3, 0.4) is 0 Å². The molecule has 1 aliphatic carbocycles. The molecule has 22 heavy (non-hydrogen) atoms. The second-order valence-electron chi connectivity index (χ2n) is 6.38. The van der Waals surface area contributed by atoms with Crippen molar-refractivity contribution in [3.05, 3.63) is 35.9 Å². The molecule has 122 valence electrons. The number of amides is 1. The zero-order chi connectivity index (χ0) is 15.6. The van der Waals surface area contributed by atoms with Gasteiger partial charge in [-0.25, -0.2) is 0 Å². The summed E-state index contributed by atoms with van der Waals surface area (Å²) in [5.74, 6) is 0.943. The highest BCUT2D eigenvalue weighted by atomic mass is 16.3. The van der Waals surface area contributed by atoms with Gasteiger partial charge in [0, 0.05) is 19.5 Å². The third-order valence-electron chi connectivity index (χ3n) is 4.73. The number of hydrogen-bond acceptors (Lipinski definition) is 2. The highest BCUT2D eigenvalue weighted by molar-refractivity contribution is 5.76. The van der Waals surface area contributed by atoms with E-state index >= 15 is 0 Å². The third-order valence-corrected chi connectivity index (χ3v) is 4.73. The fourth-order valence-corrected chi connectivity index (χ4v) is 3.35. The molecule has 0 saturated heterocycles. The van der Waals surface area contributed by atoms with Crippen molar-refractivity contribution >= 4 is 5.91 Å². The summed E-state index contributed by atoms with van der Waals surface area (Å²) in [7, 11) is 0. The highest BCUT2D eigenvalue weighted by Crippen LogP contribution is 2.27. The van der Waals surface area contributed by atoms with Gasteiger partial charge in [0.25, 0.3) is 0 Å². The summed E-state index contributed by atoms with van der Waals surface area (Å²) in [6, 6.07) is 10.2. The van der Waals surface area contributed by atoms with Crippen molar-refractivity contribution in [2.24, 2.45) is 5.92 Å². The van der Waals surface area contributed by atoms with E-state index in [-0.39, 0.29) is 12.5 Å². The van der Waals surface area contributed by atoms with Gasteiger partial charge in [-0.2, -0.15) is 0 Å². The van der Waals surface area contributed by atoms with Gasteiger partial charge in [0.1, 0.15) is 0 Å². The summed E-state index contributed by atoms with van der Waals surface area (Å²) >= 11 is 0. The maximum Gasteiger partial charge on any atom is 0.222 e. The van der Waals surface area contributed by atoms with Gasteiger partial charge in [-0.05, 0) is 24.3 Å². The molecular formula is C19H29NO2. The SMILES string of the molecule is O=C(CCC1CCCCC1)N(CCO)CCc1ccccc1. The lowest BCUT2D eigenvalue weighted by molar-refractivity contribution is -0.132. The number of carbonyl (C=O) groups is 1. The Kier molecular flexibility index (Phi) is 7.44. The van der Waals surface area contributed by atoms with Gasteiger partial charge in [0.2, 0.25) is 5.91 Å². The lowest BCUT2D eigenvalue weighted by Crippen LogP contribution is -2.35. The lowest BCUT2D eigenvalue weighted by atomic mass is 9.86. The van der Waals surface area contributed by atoms with E-state index in [1.54, 1.807) is 0 Å². The van der Waals surface area contributed by atoms with E-state index < -0.39 is 0 Å². The molecule has 0 radical (unpaired) electrons. The maximum atomic E-state index is 12.4. The van der Waals surface area contributed by atoms with Gasteiger partial charge in [0.15, 0.2) is 0 Å². The third kappa shape index (κ3) is 5.80. The Morgan fingerprint density at radius 2 is 1.82 bits per heavy atom. The number of aliphatic hydroxyl groups excluding tert-OH is 1. The molecule has 1 N–H and O–H groups in total. The normalized spacial score (nSPS) is 15.7. The molecule has 0 atom stereocenters. The molecule has 2 rings (SSSR count). The van der Waals surface area contributed by atoms with Crippen LogP contribution in [0.25, 0.3) is 0 Å². The fourth-order valence-electron chi connectivity index (χ4n) is 3.35. The van der Waals surface area contributed by atoms with E-state index in [9.17, 15) is 9.90 Å². The fraction of sp³-hybridized carbons (Fsp3) is 0.632. The van der Waals surface area contributed by atoms with E-state index in [4.69, 9.17) is 0 Å². The van der Waals surface area contributed by atoms with E-state index in [0.717, 1.165) is 18.8 Å². The smallest absolute Gasteiger partial charge is 0.222 e. The second-order valence-corrected chi connectivity index (χ2v) is 6.38. The molecule has 3 nitrogen and oxygen atoms in total. The van der Waals surface area contributed by atoms with Crippen molar-refractivity contribution in [3.63, 3.8) is 0 Å². The maximum absolute atomic E-state index is 12.4. The van der Waals surface area contributed by atoms with Crippen LogP contribution in [0.1, 0.15) is 50.5 Å². The first-order valence-electron chi connectivity index (χ1n) is 8.72. The first-order chi connectivity index (χ1) is 10.8. The van der Waals surface area contributed by atoms with E-state index in [0.29, 0.717) is 19.5 Å². The minimum atomic E-state index is 0.0456. The highest BCUT2D eigenvalue weighted by Gasteiger charge is 2.18. The number of hydrogen-bond donors (Lipinski definition) is 1. The largest absolute Gasteiger partial charge is 0.395 e. The standard InChI is InChI=1S/C19H29NO2/c21-16-15-20(14-13-18-9-5-2-6-10-18)19(22)12-11-17-7-3-1-4-8-17/h2,5-6,9-10,17,21H,1,3-4,7-8,11-16H2. The number of nitrogens with zero attached hydrogens (tertiary/aromatic N) is 1. The second kappa shape index (κ2) is 9.62. The molecule has 0 heterocycles. The minimum Gasteiger partial charge on any atom is -0.395 e. The van der Waals surface area contributed by atoms with Crippen LogP contribution in [0.4, 0.5) is 0 Å². The van der Waals surface area contributed by atoms with Crippen molar-refractivity contribution in [3.8, 4) is 0 Å². The van der Waals surface area contributed by atoms with E-state index in [1.807, 2.05) is 23.1 Å². The molecule has 3 heteroatoms. The molecule has 1 fully saturated rings. The average molecular weight is 303 g/mol. The average Bonchev–Trinajstić information content (AvgIpc) is 2.58. The van der Waals surface area contributed by atoms with Crippen LogP contribution in [-0.2, 0) is 11.2 Å². The van der Waals surface area contributed by atoms with E-state index in [2.05, 4.69) is 12.1 Å². The number of carbonyl (C=O) groups excluding carboxylic acids is 1. The molecule has 0 aromatic heterocycles. The molecule has 0 spiro atoms. The van der Waals surface area contributed by atoms with Crippen LogP contribution in [0.2, 0.25) is 0 Å². The molecule has 1 aromatic carbocycles. The molecule has 1 aliphatic rings. The molecule has 0 bridgehead atoms. The molecule has 1 saturated carbocycles. The Morgan fingerprint density at radius 3 is 2.50 bits per heavy atom. The molecule has 1 amide bonds. The van der Waals surface area contributed by atoms with Gasteiger partial charge < -0.3 is 10.0 Å². The molecule has 0 aliphatic heterocycles. The quantitative estimate of drug-likeness (QED) is 0.799. The zero-order valence-electron chi connectivity index (χ0n) is 13.5. The lowest BCUT2D eigenvalue weighted by Gasteiger charge is -2.25. The Labute approximate surface area is 134 Å². The summed E-state index contributed by atoms with van der Waals surface area (Å²) in [4.78, 5) is 14.2. The number of benzene rings is 1. The summed E-state index contributed by atoms with van der Waals surface area (Å²) in [6.07, 6.45) is 9.11. The van der Waals surface area contributed by atoms with Crippen LogP contribution in [0.5, 0.6) is 0 Å². The van der Waals surface area contributed by atoms with Crippen molar-refractivity contribution in [2.45, 2.75) is 51.4 Å². The van der Waals surface area contributed by atoms with Crippen molar-refractivity contribution in [1.82, 2.24) is 4.90 Å². The molecule has 1 aromatic rings. The predicted octanol–water partition coefficient (Wildman–Crippen LogP) is 3.41. The summed E-state index contributed by atoms with van der Waals surface area (Å²) < 4.78 is 0. The van der Waals surface area contributed by atoms with Gasteiger partial charge in [0.05, 0.1) is 6.61 Å². The van der Waals surface area contributed by atoms with Gasteiger partial charge in [-0.3, -0.25) is 4.79 Å². The van der Waals surface area contributed by atoms with Gasteiger partial charge >= 0.3 is 0 Å². The van der Waals surface area contributed by atoms with Crippen LogP contribution >= 0.6 is 0 Å². The van der Waals surface area contributed by atoms with Gasteiger partial charge in [-0.15, -0.1) is 0 Å². The molecular weight excluding hydrogens is 274 g/mol. The van der Waals surface area contributed by atoms with Crippen LogP contribution in [0.15, 0.2) is 30.3 Å². The Balaban J connectivity index is 1.77. The zero-order valence-corrected chi connectivity index (χ0v) is 13.5.